The van der Waals surface area contributed by atoms with Gasteiger partial charge in [-0.1, -0.05) is 58.4 Å². The number of allylic oxidation sites excluding steroid dienone is 3. The van der Waals surface area contributed by atoms with Gasteiger partial charge in [-0.2, -0.15) is 0 Å². The zero-order valence-electron chi connectivity index (χ0n) is 15.2. The first-order valence-corrected chi connectivity index (χ1v) is 10.1. The molecule has 1 heterocycles. The lowest BCUT2D eigenvalue weighted by atomic mass is 9.80. The summed E-state index contributed by atoms with van der Waals surface area (Å²) in [6, 6.07) is 14.4. The number of carbonyl (C=O) groups excluding carboxylic acids is 2. The number of benzene rings is 2. The number of hydrogen-bond donors (Lipinski definition) is 0. The summed E-state index contributed by atoms with van der Waals surface area (Å²) in [6.45, 7) is 0. The first-order chi connectivity index (χ1) is 13.5. The highest BCUT2D eigenvalue weighted by atomic mass is 79.9. The lowest BCUT2D eigenvalue weighted by molar-refractivity contribution is -0.120. The maximum absolute atomic E-state index is 14.6. The van der Waals surface area contributed by atoms with E-state index in [9.17, 15) is 14.0 Å². The smallest absolute Gasteiger partial charge is 0.232 e. The summed E-state index contributed by atoms with van der Waals surface area (Å²) >= 11 is 3.25. The Balaban J connectivity index is 1.77. The lowest BCUT2D eigenvalue weighted by Crippen LogP contribution is -2.41. The Kier molecular flexibility index (Phi) is 5.27. The highest BCUT2D eigenvalue weighted by Crippen LogP contribution is 2.40. The number of ketones is 1. The normalized spacial score (nSPS) is 20.1. The van der Waals surface area contributed by atoms with Crippen LogP contribution >= 0.6 is 15.9 Å². The molecule has 1 aliphatic heterocycles. The van der Waals surface area contributed by atoms with E-state index in [2.05, 4.69) is 15.9 Å². The van der Waals surface area contributed by atoms with E-state index in [0.717, 1.165) is 5.56 Å². The van der Waals surface area contributed by atoms with Crippen molar-refractivity contribution in [1.82, 2.24) is 0 Å². The monoisotopic (exact) mass is 439 g/mol. The van der Waals surface area contributed by atoms with E-state index in [1.54, 1.807) is 12.1 Å². The SMILES string of the molecule is O=C1CCCC2=C1C(/C=C/c1ccccc1)CC(=O)N2c1ccc(Br)cc1F. The maximum Gasteiger partial charge on any atom is 0.232 e. The van der Waals surface area contributed by atoms with E-state index in [-0.39, 0.29) is 29.7 Å². The van der Waals surface area contributed by atoms with E-state index in [4.69, 9.17) is 0 Å². The Morgan fingerprint density at radius 1 is 1.07 bits per heavy atom. The lowest BCUT2D eigenvalue weighted by Gasteiger charge is -2.37. The molecule has 0 aromatic heterocycles. The molecular formula is C23H19BrFNO2. The third-order valence-corrected chi connectivity index (χ3v) is 5.68. The topological polar surface area (TPSA) is 37.4 Å². The molecule has 2 aromatic carbocycles. The van der Waals surface area contributed by atoms with Crippen molar-refractivity contribution in [1.29, 1.82) is 0 Å². The molecule has 0 saturated carbocycles. The minimum Gasteiger partial charge on any atom is -0.294 e. The quantitative estimate of drug-likeness (QED) is 0.618. The summed E-state index contributed by atoms with van der Waals surface area (Å²) in [7, 11) is 0. The minimum atomic E-state index is -0.481. The fourth-order valence-corrected chi connectivity index (χ4v) is 4.26. The van der Waals surface area contributed by atoms with Gasteiger partial charge in [0.25, 0.3) is 0 Å². The first-order valence-electron chi connectivity index (χ1n) is 9.32. The Hall–Kier alpha value is -2.53. The van der Waals surface area contributed by atoms with Gasteiger partial charge in [0, 0.05) is 34.5 Å². The van der Waals surface area contributed by atoms with Gasteiger partial charge in [0.15, 0.2) is 5.78 Å². The largest absolute Gasteiger partial charge is 0.294 e. The minimum absolute atomic E-state index is 0.0546. The number of Topliss-reactive ketones (excluding diaryl/α,β-unsaturated/α-hetero) is 1. The van der Waals surface area contributed by atoms with Crippen LogP contribution in [0.5, 0.6) is 0 Å². The number of nitrogens with zero attached hydrogens (tertiary/aromatic N) is 1. The van der Waals surface area contributed by atoms with Gasteiger partial charge in [0.1, 0.15) is 5.82 Å². The second kappa shape index (κ2) is 7.84. The maximum atomic E-state index is 14.6. The Labute approximate surface area is 171 Å². The summed E-state index contributed by atoms with van der Waals surface area (Å²) in [6.07, 6.45) is 5.77. The highest BCUT2D eigenvalue weighted by molar-refractivity contribution is 9.10. The van der Waals surface area contributed by atoms with Crippen LogP contribution in [0, 0.1) is 11.7 Å². The predicted molar refractivity (Wildman–Crippen MR) is 111 cm³/mol. The molecule has 3 nitrogen and oxygen atoms in total. The molecule has 2 aliphatic rings. The third-order valence-electron chi connectivity index (χ3n) is 5.18. The fourth-order valence-electron chi connectivity index (χ4n) is 3.93. The van der Waals surface area contributed by atoms with Crippen molar-refractivity contribution in [3.8, 4) is 0 Å². The second-order valence-electron chi connectivity index (χ2n) is 7.04. The first kappa shape index (κ1) is 18.8. The molecule has 0 N–H and O–H groups in total. The summed E-state index contributed by atoms with van der Waals surface area (Å²) in [5.74, 6) is -0.882. The molecule has 28 heavy (non-hydrogen) atoms. The molecule has 5 heteroatoms. The average molecular weight is 440 g/mol. The van der Waals surface area contributed by atoms with E-state index >= 15 is 0 Å². The molecule has 0 spiro atoms. The van der Waals surface area contributed by atoms with Crippen LogP contribution < -0.4 is 4.90 Å². The second-order valence-corrected chi connectivity index (χ2v) is 7.96. The van der Waals surface area contributed by atoms with Gasteiger partial charge >= 0.3 is 0 Å². The van der Waals surface area contributed by atoms with Crippen LogP contribution in [0.3, 0.4) is 0 Å². The van der Waals surface area contributed by atoms with Crippen LogP contribution in [-0.4, -0.2) is 11.7 Å². The van der Waals surface area contributed by atoms with Gasteiger partial charge in [-0.25, -0.2) is 4.39 Å². The van der Waals surface area contributed by atoms with Crippen LogP contribution in [-0.2, 0) is 9.59 Å². The van der Waals surface area contributed by atoms with Crippen LogP contribution in [0.4, 0.5) is 10.1 Å². The van der Waals surface area contributed by atoms with Gasteiger partial charge < -0.3 is 0 Å². The molecule has 0 radical (unpaired) electrons. The molecule has 0 saturated heterocycles. The number of rotatable bonds is 3. The van der Waals surface area contributed by atoms with E-state index in [1.807, 2.05) is 42.5 Å². The van der Waals surface area contributed by atoms with Crippen molar-refractivity contribution in [2.75, 3.05) is 4.90 Å². The number of hydrogen-bond acceptors (Lipinski definition) is 2. The molecule has 0 fully saturated rings. The van der Waals surface area contributed by atoms with Gasteiger partial charge in [-0.15, -0.1) is 0 Å². The standard InChI is InChI=1S/C23H19BrFNO2/c24-17-11-12-19(18(25)14-17)26-20-7-4-8-21(27)23(20)16(13-22(26)28)10-9-15-5-2-1-3-6-15/h1-3,5-6,9-12,14,16H,4,7-8,13H2/b10-9+. The molecule has 1 aliphatic carbocycles. The molecule has 142 valence electrons. The van der Waals surface area contributed by atoms with Crippen molar-refractivity contribution in [3.63, 3.8) is 0 Å². The number of carbonyl (C=O) groups is 2. The van der Waals surface area contributed by atoms with Crippen LogP contribution in [0.25, 0.3) is 6.08 Å². The van der Waals surface area contributed by atoms with Crippen molar-refractivity contribution < 1.29 is 14.0 Å². The summed E-state index contributed by atoms with van der Waals surface area (Å²) < 4.78 is 15.2. The average Bonchev–Trinajstić information content (AvgIpc) is 2.68. The van der Waals surface area contributed by atoms with Crippen LogP contribution in [0.15, 0.2) is 70.3 Å². The molecule has 2 aromatic rings. The van der Waals surface area contributed by atoms with E-state index in [1.165, 1.54) is 11.0 Å². The van der Waals surface area contributed by atoms with Crippen molar-refractivity contribution in [3.05, 3.63) is 81.7 Å². The third kappa shape index (κ3) is 3.59. The van der Waals surface area contributed by atoms with Gasteiger partial charge in [0.2, 0.25) is 5.91 Å². The van der Waals surface area contributed by atoms with Crippen molar-refractivity contribution >= 4 is 39.4 Å². The fraction of sp³-hybridized carbons (Fsp3) is 0.217. The Bertz CT molecular complexity index is 997. The van der Waals surface area contributed by atoms with Crippen LogP contribution in [0.1, 0.15) is 31.2 Å². The number of halogens is 2. The van der Waals surface area contributed by atoms with Gasteiger partial charge in [0.05, 0.1) is 5.69 Å². The Morgan fingerprint density at radius 2 is 1.86 bits per heavy atom. The molecule has 0 bridgehead atoms. The number of anilines is 1. The van der Waals surface area contributed by atoms with Gasteiger partial charge in [-0.05, 0) is 36.6 Å². The summed E-state index contributed by atoms with van der Waals surface area (Å²) in [5.41, 5.74) is 2.53. The predicted octanol–water partition coefficient (Wildman–Crippen LogP) is 5.66. The van der Waals surface area contributed by atoms with E-state index in [0.29, 0.717) is 35.0 Å². The van der Waals surface area contributed by atoms with Crippen LogP contribution in [0.2, 0.25) is 0 Å². The van der Waals surface area contributed by atoms with Crippen molar-refractivity contribution in [2.45, 2.75) is 25.7 Å². The summed E-state index contributed by atoms with van der Waals surface area (Å²) in [5, 5.41) is 0. The molecular weight excluding hydrogens is 421 g/mol. The Morgan fingerprint density at radius 3 is 2.61 bits per heavy atom. The molecule has 1 amide bonds. The summed E-state index contributed by atoms with van der Waals surface area (Å²) in [4.78, 5) is 27.1. The van der Waals surface area contributed by atoms with Crippen molar-refractivity contribution in [2.24, 2.45) is 5.92 Å². The highest BCUT2D eigenvalue weighted by Gasteiger charge is 2.38. The van der Waals surface area contributed by atoms with E-state index < -0.39 is 5.82 Å². The number of amides is 1. The molecule has 1 unspecified atom stereocenters. The zero-order chi connectivity index (χ0) is 19.7. The zero-order valence-corrected chi connectivity index (χ0v) is 16.8. The van der Waals surface area contributed by atoms with Gasteiger partial charge in [-0.3, -0.25) is 14.5 Å². The molecule has 1 atom stereocenters. The molecule has 4 rings (SSSR count).